The molecule has 24 heavy (non-hydrogen) atoms. The molecule has 1 fully saturated rings. The Hall–Kier alpha value is -2.30. The molecule has 0 N–H and O–H groups in total. The molecule has 0 radical (unpaired) electrons. The summed E-state index contributed by atoms with van der Waals surface area (Å²) in [5.41, 5.74) is 1.47. The fraction of sp³-hybridized carbons (Fsp3) is 0.474. The van der Waals surface area contributed by atoms with E-state index in [1.54, 1.807) is 33.8 Å². The van der Waals surface area contributed by atoms with Gasteiger partial charge < -0.3 is 9.47 Å². The number of esters is 1. The van der Waals surface area contributed by atoms with E-state index in [0.717, 1.165) is 5.39 Å². The zero-order chi connectivity index (χ0) is 17.5. The summed E-state index contributed by atoms with van der Waals surface area (Å²) >= 11 is 0. The third-order valence-corrected chi connectivity index (χ3v) is 3.94. The summed E-state index contributed by atoms with van der Waals surface area (Å²) in [5.74, 6) is 0.0813. The lowest BCUT2D eigenvalue weighted by molar-refractivity contribution is 0.0454. The van der Waals surface area contributed by atoms with Gasteiger partial charge >= 0.3 is 12.1 Å². The number of hydrogen-bond donors (Lipinski definition) is 0. The first-order valence-corrected chi connectivity index (χ1v) is 8.36. The molecule has 1 aliphatic rings. The van der Waals surface area contributed by atoms with Crippen molar-refractivity contribution < 1.29 is 19.1 Å². The van der Waals surface area contributed by atoms with Crippen molar-refractivity contribution in [3.63, 3.8) is 0 Å². The van der Waals surface area contributed by atoms with Gasteiger partial charge in [0.05, 0.1) is 12.1 Å². The normalized spacial score (nSPS) is 14.7. The first-order chi connectivity index (χ1) is 11.3. The van der Waals surface area contributed by atoms with Gasteiger partial charge in [-0.25, -0.2) is 14.2 Å². The Kier molecular flexibility index (Phi) is 4.11. The average Bonchev–Trinajstić information content (AvgIpc) is 3.25. The third-order valence-electron chi connectivity index (χ3n) is 3.94. The Balaban J connectivity index is 2.09. The molecule has 3 rings (SSSR count). The van der Waals surface area contributed by atoms with Gasteiger partial charge in [-0.1, -0.05) is 6.07 Å². The van der Waals surface area contributed by atoms with Crippen molar-refractivity contribution in [1.82, 2.24) is 4.57 Å². The largest absolute Gasteiger partial charge is 0.461 e. The Morgan fingerprint density at radius 1 is 1.21 bits per heavy atom. The van der Waals surface area contributed by atoms with Crippen LogP contribution in [-0.4, -0.2) is 28.8 Å². The molecule has 0 saturated heterocycles. The van der Waals surface area contributed by atoms with E-state index < -0.39 is 17.7 Å². The van der Waals surface area contributed by atoms with Crippen LogP contribution < -0.4 is 0 Å². The zero-order valence-electron chi connectivity index (χ0n) is 14.6. The molecule has 1 aromatic heterocycles. The minimum Gasteiger partial charge on any atom is -0.461 e. The molecule has 128 valence electrons. The van der Waals surface area contributed by atoms with Gasteiger partial charge in [0.25, 0.3) is 0 Å². The predicted octanol–water partition coefficient (Wildman–Crippen LogP) is 4.48. The lowest BCUT2D eigenvalue weighted by atomic mass is 10.1. The molecule has 0 amide bonds. The highest BCUT2D eigenvalue weighted by atomic mass is 16.6. The summed E-state index contributed by atoms with van der Waals surface area (Å²) < 4.78 is 11.9. The van der Waals surface area contributed by atoms with Crippen molar-refractivity contribution in [2.24, 2.45) is 0 Å². The molecule has 1 aliphatic carbocycles. The molecule has 5 nitrogen and oxygen atoms in total. The number of hydrogen-bond acceptors (Lipinski definition) is 4. The number of fused-ring (bicyclic) bond motifs is 1. The van der Waals surface area contributed by atoms with Crippen LogP contribution in [0, 0.1) is 0 Å². The predicted molar refractivity (Wildman–Crippen MR) is 91.5 cm³/mol. The van der Waals surface area contributed by atoms with Crippen LogP contribution in [0.4, 0.5) is 4.79 Å². The van der Waals surface area contributed by atoms with Gasteiger partial charge in [0.15, 0.2) is 0 Å². The average molecular weight is 329 g/mol. The number of carbonyl (C=O) groups is 2. The van der Waals surface area contributed by atoms with E-state index in [1.165, 1.54) is 23.0 Å². The monoisotopic (exact) mass is 329 g/mol. The number of nitrogens with zero attached hydrogens (tertiary/aromatic N) is 1. The van der Waals surface area contributed by atoms with Gasteiger partial charge in [0.2, 0.25) is 0 Å². The van der Waals surface area contributed by atoms with Gasteiger partial charge in [0.1, 0.15) is 11.3 Å². The quantitative estimate of drug-likeness (QED) is 0.779. The second-order valence-corrected chi connectivity index (χ2v) is 7.16. The summed E-state index contributed by atoms with van der Waals surface area (Å²) in [6.45, 7) is 7.38. The Labute approximate surface area is 141 Å². The molecule has 0 atom stereocenters. The minimum atomic E-state index is -0.645. The molecular formula is C19H23NO4. The van der Waals surface area contributed by atoms with Gasteiger partial charge in [-0.3, -0.25) is 0 Å². The zero-order valence-corrected chi connectivity index (χ0v) is 14.6. The van der Waals surface area contributed by atoms with Crippen molar-refractivity contribution >= 4 is 23.0 Å². The highest BCUT2D eigenvalue weighted by Crippen LogP contribution is 2.41. The van der Waals surface area contributed by atoms with Gasteiger partial charge in [-0.2, -0.15) is 0 Å². The lowest BCUT2D eigenvalue weighted by Crippen LogP contribution is -2.29. The molecule has 0 bridgehead atoms. The smallest absolute Gasteiger partial charge is 0.419 e. The van der Waals surface area contributed by atoms with Crippen LogP contribution in [-0.2, 0) is 9.47 Å². The Morgan fingerprint density at radius 2 is 1.92 bits per heavy atom. The molecule has 0 spiro atoms. The first kappa shape index (κ1) is 16.6. The maximum Gasteiger partial charge on any atom is 0.419 e. The van der Waals surface area contributed by atoms with E-state index >= 15 is 0 Å². The van der Waals surface area contributed by atoms with Gasteiger partial charge in [0, 0.05) is 5.39 Å². The van der Waals surface area contributed by atoms with Crippen LogP contribution in [0.5, 0.6) is 0 Å². The van der Waals surface area contributed by atoms with E-state index in [4.69, 9.17) is 9.47 Å². The molecule has 1 heterocycles. The maximum absolute atomic E-state index is 12.6. The SMILES string of the molecule is CCOC(=O)c1cc2cc(C3CC3)ccc2n1C(=O)OC(C)(C)C. The highest BCUT2D eigenvalue weighted by molar-refractivity contribution is 6.01. The summed E-state index contributed by atoms with van der Waals surface area (Å²) in [6, 6.07) is 7.67. The number of aromatic nitrogens is 1. The topological polar surface area (TPSA) is 57.5 Å². The molecule has 1 aromatic carbocycles. The van der Waals surface area contributed by atoms with Crippen LogP contribution in [0.3, 0.4) is 0 Å². The molecule has 5 heteroatoms. The maximum atomic E-state index is 12.6. The Morgan fingerprint density at radius 3 is 2.50 bits per heavy atom. The van der Waals surface area contributed by atoms with Crippen molar-refractivity contribution in [2.45, 2.75) is 52.1 Å². The van der Waals surface area contributed by atoms with E-state index in [0.29, 0.717) is 11.4 Å². The van der Waals surface area contributed by atoms with Crippen LogP contribution in [0.2, 0.25) is 0 Å². The van der Waals surface area contributed by atoms with Gasteiger partial charge in [-0.05, 0) is 70.2 Å². The molecule has 0 aliphatic heterocycles. The van der Waals surface area contributed by atoms with Crippen molar-refractivity contribution in [3.05, 3.63) is 35.5 Å². The summed E-state index contributed by atoms with van der Waals surface area (Å²) in [7, 11) is 0. The Bertz CT molecular complexity index is 794. The van der Waals surface area contributed by atoms with Crippen molar-refractivity contribution in [3.8, 4) is 0 Å². The van der Waals surface area contributed by atoms with E-state index in [-0.39, 0.29) is 12.3 Å². The number of carbonyl (C=O) groups excluding carboxylic acids is 2. The third kappa shape index (κ3) is 3.30. The number of rotatable bonds is 3. The molecule has 2 aromatic rings. The number of benzene rings is 1. The fourth-order valence-corrected chi connectivity index (χ4v) is 2.76. The van der Waals surface area contributed by atoms with Crippen LogP contribution >= 0.6 is 0 Å². The summed E-state index contributed by atoms with van der Waals surface area (Å²) in [5, 5.41) is 0.855. The standard InChI is InChI=1S/C19H23NO4/c1-5-23-17(21)16-11-14-10-13(12-6-7-12)8-9-15(14)20(16)18(22)24-19(2,3)4/h8-12H,5-7H2,1-4H3. The van der Waals surface area contributed by atoms with E-state index in [2.05, 4.69) is 6.07 Å². The minimum absolute atomic E-state index is 0.203. The molecule has 0 unspecified atom stereocenters. The lowest BCUT2D eigenvalue weighted by Gasteiger charge is -2.20. The molecule has 1 saturated carbocycles. The number of ether oxygens (including phenoxy) is 2. The van der Waals surface area contributed by atoms with Crippen molar-refractivity contribution in [2.75, 3.05) is 6.61 Å². The van der Waals surface area contributed by atoms with E-state index in [1.807, 2.05) is 12.1 Å². The van der Waals surface area contributed by atoms with Crippen LogP contribution in [0.25, 0.3) is 10.9 Å². The molecular weight excluding hydrogens is 306 g/mol. The van der Waals surface area contributed by atoms with Crippen LogP contribution in [0.15, 0.2) is 24.3 Å². The van der Waals surface area contributed by atoms with Crippen LogP contribution in [0.1, 0.15) is 62.5 Å². The first-order valence-electron chi connectivity index (χ1n) is 8.36. The van der Waals surface area contributed by atoms with E-state index in [9.17, 15) is 9.59 Å². The second-order valence-electron chi connectivity index (χ2n) is 7.16. The summed E-state index contributed by atoms with van der Waals surface area (Å²) in [6.07, 6.45) is 1.83. The van der Waals surface area contributed by atoms with Gasteiger partial charge in [-0.15, -0.1) is 0 Å². The second kappa shape index (κ2) is 5.96. The summed E-state index contributed by atoms with van der Waals surface area (Å²) in [4.78, 5) is 24.9. The van der Waals surface area contributed by atoms with Crippen molar-refractivity contribution in [1.29, 1.82) is 0 Å². The highest BCUT2D eigenvalue weighted by Gasteiger charge is 2.28. The fourth-order valence-electron chi connectivity index (χ4n) is 2.76.